The van der Waals surface area contributed by atoms with Crippen molar-refractivity contribution in [3.8, 4) is 0 Å². The Hall–Kier alpha value is -1.59. The fraction of sp³-hybridized carbons (Fsp3) is 0.429. The summed E-state index contributed by atoms with van der Waals surface area (Å²) in [7, 11) is 1.53. The van der Waals surface area contributed by atoms with E-state index in [0.29, 0.717) is 11.6 Å². The second kappa shape index (κ2) is 8.55. The topological polar surface area (TPSA) is 67.4 Å². The van der Waals surface area contributed by atoms with Gasteiger partial charge < -0.3 is 15.4 Å². The Kier molecular flexibility index (Phi) is 7.04. The van der Waals surface area contributed by atoms with E-state index in [1.54, 1.807) is 6.07 Å². The summed E-state index contributed by atoms with van der Waals surface area (Å²) in [6, 6.07) is 7.22. The van der Waals surface area contributed by atoms with Crippen LogP contribution in [0.5, 0.6) is 0 Å². The molecule has 110 valence electrons. The molecule has 5 nitrogen and oxygen atoms in total. The number of carbonyl (C=O) groups excluding carboxylic acids is 2. The molecule has 1 unspecified atom stereocenters. The largest absolute Gasteiger partial charge is 0.375 e. The van der Waals surface area contributed by atoms with E-state index in [1.807, 2.05) is 25.1 Å². The molecule has 6 heteroatoms. The van der Waals surface area contributed by atoms with Crippen molar-refractivity contribution in [3.05, 3.63) is 34.9 Å². The van der Waals surface area contributed by atoms with E-state index in [9.17, 15) is 9.59 Å². The number of ether oxygens (including phenoxy) is 1. The summed E-state index contributed by atoms with van der Waals surface area (Å²) in [6.45, 7) is 2.57. The number of halogens is 1. The van der Waals surface area contributed by atoms with Crippen molar-refractivity contribution in [2.24, 2.45) is 0 Å². The van der Waals surface area contributed by atoms with Gasteiger partial charge in [-0.2, -0.15) is 0 Å². The quantitative estimate of drug-likeness (QED) is 0.785. The van der Waals surface area contributed by atoms with Crippen LogP contribution in [0.15, 0.2) is 24.3 Å². The molecule has 1 atom stereocenters. The Labute approximate surface area is 123 Å². The molecule has 0 saturated carbocycles. The van der Waals surface area contributed by atoms with Crippen LogP contribution in [0, 0.1) is 0 Å². The average molecular weight is 299 g/mol. The zero-order valence-electron chi connectivity index (χ0n) is 11.6. The minimum atomic E-state index is -0.674. The normalized spacial score (nSPS) is 11.8. The van der Waals surface area contributed by atoms with E-state index >= 15 is 0 Å². The maximum atomic E-state index is 11.6. The molecule has 0 aliphatic rings. The van der Waals surface area contributed by atoms with E-state index in [-0.39, 0.29) is 6.54 Å². The summed E-state index contributed by atoms with van der Waals surface area (Å²) in [5.41, 5.74) is 0.769. The van der Waals surface area contributed by atoms with Crippen molar-refractivity contribution in [2.75, 3.05) is 20.2 Å². The molecule has 0 bridgehead atoms. The molecule has 20 heavy (non-hydrogen) atoms. The van der Waals surface area contributed by atoms with Crippen LogP contribution in [0.3, 0.4) is 0 Å². The molecule has 0 fully saturated rings. The monoisotopic (exact) mass is 298 g/mol. The zero-order chi connectivity index (χ0) is 15.0. The molecule has 1 rings (SSSR count). The van der Waals surface area contributed by atoms with E-state index < -0.39 is 17.9 Å². The van der Waals surface area contributed by atoms with Crippen LogP contribution >= 0.6 is 11.6 Å². The molecule has 0 aliphatic carbocycles. The summed E-state index contributed by atoms with van der Waals surface area (Å²) in [5.74, 6) is -1.31. The van der Waals surface area contributed by atoms with Crippen molar-refractivity contribution < 1.29 is 14.3 Å². The molecule has 0 aliphatic heterocycles. The van der Waals surface area contributed by atoms with E-state index in [2.05, 4.69) is 10.6 Å². The van der Waals surface area contributed by atoms with Crippen LogP contribution in [0.25, 0.3) is 0 Å². The first-order chi connectivity index (χ1) is 9.60. The highest BCUT2D eigenvalue weighted by atomic mass is 35.5. The zero-order valence-corrected chi connectivity index (χ0v) is 12.4. The third kappa shape index (κ3) is 4.83. The van der Waals surface area contributed by atoms with Crippen molar-refractivity contribution >= 4 is 23.4 Å². The molecule has 0 aromatic heterocycles. The number of hydrogen-bond acceptors (Lipinski definition) is 3. The maximum absolute atomic E-state index is 11.6. The number of hydrogen-bond donors (Lipinski definition) is 2. The Morgan fingerprint density at radius 2 is 1.90 bits per heavy atom. The van der Waals surface area contributed by atoms with Crippen LogP contribution in [-0.4, -0.2) is 32.0 Å². The maximum Gasteiger partial charge on any atom is 0.309 e. The number of benzene rings is 1. The van der Waals surface area contributed by atoms with Crippen molar-refractivity contribution in [1.82, 2.24) is 10.6 Å². The third-order valence-corrected chi connectivity index (χ3v) is 3.07. The minimum absolute atomic E-state index is 0.179. The standard InChI is InChI=1S/C14H19ClN2O3/c1-3-8-16-13(18)14(19)17-9-12(20-2)10-6-4-5-7-11(10)15/h4-7,12H,3,8-9H2,1-2H3,(H,16,18)(H,17,19). The number of methoxy groups -OCH3 is 1. The second-order valence-corrected chi connectivity index (χ2v) is 4.62. The van der Waals surface area contributed by atoms with Gasteiger partial charge in [0.25, 0.3) is 0 Å². The molecule has 2 amide bonds. The first-order valence-corrected chi connectivity index (χ1v) is 6.81. The van der Waals surface area contributed by atoms with Gasteiger partial charge in [0.1, 0.15) is 6.10 Å². The van der Waals surface area contributed by atoms with Gasteiger partial charge in [0.2, 0.25) is 0 Å². The summed E-state index contributed by atoms with van der Waals surface area (Å²) < 4.78 is 5.30. The van der Waals surface area contributed by atoms with E-state index in [0.717, 1.165) is 12.0 Å². The Balaban J connectivity index is 2.56. The van der Waals surface area contributed by atoms with Crippen LogP contribution in [0.4, 0.5) is 0 Å². The van der Waals surface area contributed by atoms with Gasteiger partial charge in [-0.25, -0.2) is 0 Å². The van der Waals surface area contributed by atoms with Gasteiger partial charge >= 0.3 is 11.8 Å². The number of nitrogens with one attached hydrogen (secondary N) is 2. The smallest absolute Gasteiger partial charge is 0.309 e. The molecule has 0 spiro atoms. The summed E-state index contributed by atoms with van der Waals surface area (Å²) in [5, 5.41) is 5.60. The van der Waals surface area contributed by atoms with Gasteiger partial charge in [0.15, 0.2) is 0 Å². The molecule has 0 saturated heterocycles. The Morgan fingerprint density at radius 1 is 1.25 bits per heavy atom. The van der Waals surface area contributed by atoms with Crippen molar-refractivity contribution in [1.29, 1.82) is 0 Å². The van der Waals surface area contributed by atoms with Gasteiger partial charge in [0, 0.05) is 30.8 Å². The lowest BCUT2D eigenvalue weighted by Crippen LogP contribution is -2.41. The van der Waals surface area contributed by atoms with Gasteiger partial charge in [-0.3, -0.25) is 9.59 Å². The van der Waals surface area contributed by atoms with Gasteiger partial charge in [-0.05, 0) is 12.5 Å². The van der Waals surface area contributed by atoms with Crippen LogP contribution in [0.2, 0.25) is 5.02 Å². The SMILES string of the molecule is CCCNC(=O)C(=O)NCC(OC)c1ccccc1Cl. The summed E-state index contributed by atoms with van der Waals surface area (Å²) in [6.07, 6.45) is 0.380. The minimum Gasteiger partial charge on any atom is -0.375 e. The molecule has 1 aromatic rings. The third-order valence-electron chi connectivity index (χ3n) is 2.73. The fourth-order valence-electron chi connectivity index (χ4n) is 1.64. The molecule has 0 radical (unpaired) electrons. The highest BCUT2D eigenvalue weighted by Gasteiger charge is 2.17. The Morgan fingerprint density at radius 3 is 2.50 bits per heavy atom. The highest BCUT2D eigenvalue weighted by Crippen LogP contribution is 2.24. The number of carbonyl (C=O) groups is 2. The van der Waals surface area contributed by atoms with Gasteiger partial charge in [0.05, 0.1) is 0 Å². The van der Waals surface area contributed by atoms with Crippen molar-refractivity contribution in [2.45, 2.75) is 19.4 Å². The summed E-state index contributed by atoms with van der Waals surface area (Å²) in [4.78, 5) is 23.0. The molecule has 1 aromatic carbocycles. The van der Waals surface area contributed by atoms with Crippen LogP contribution < -0.4 is 10.6 Å². The van der Waals surface area contributed by atoms with Gasteiger partial charge in [-0.1, -0.05) is 36.7 Å². The second-order valence-electron chi connectivity index (χ2n) is 4.21. The average Bonchev–Trinajstić information content (AvgIpc) is 2.46. The predicted molar refractivity (Wildman–Crippen MR) is 77.5 cm³/mol. The lowest BCUT2D eigenvalue weighted by molar-refractivity contribution is -0.139. The lowest BCUT2D eigenvalue weighted by Gasteiger charge is -2.17. The first-order valence-electron chi connectivity index (χ1n) is 6.43. The van der Waals surface area contributed by atoms with Crippen LogP contribution in [-0.2, 0) is 14.3 Å². The number of amides is 2. The summed E-state index contributed by atoms with van der Waals surface area (Å²) >= 11 is 6.07. The number of rotatable bonds is 6. The van der Waals surface area contributed by atoms with E-state index in [4.69, 9.17) is 16.3 Å². The molecule has 2 N–H and O–H groups in total. The first kappa shape index (κ1) is 16.5. The van der Waals surface area contributed by atoms with E-state index in [1.165, 1.54) is 7.11 Å². The van der Waals surface area contributed by atoms with Crippen molar-refractivity contribution in [3.63, 3.8) is 0 Å². The lowest BCUT2D eigenvalue weighted by atomic mass is 10.1. The highest BCUT2D eigenvalue weighted by molar-refractivity contribution is 6.35. The van der Waals surface area contributed by atoms with Gasteiger partial charge in [-0.15, -0.1) is 0 Å². The Bertz CT molecular complexity index is 465. The van der Waals surface area contributed by atoms with Crippen LogP contribution in [0.1, 0.15) is 25.0 Å². The predicted octanol–water partition coefficient (Wildman–Crippen LogP) is 1.67. The molecular formula is C14H19ClN2O3. The fourth-order valence-corrected chi connectivity index (χ4v) is 1.90. The molecule has 0 heterocycles. The molecular weight excluding hydrogens is 280 g/mol.